The highest BCUT2D eigenvalue weighted by Gasteiger charge is 2.41. The van der Waals surface area contributed by atoms with Crippen LogP contribution in [0.15, 0.2) is 23.2 Å². The minimum absolute atomic E-state index is 0. The van der Waals surface area contributed by atoms with Gasteiger partial charge in [-0.25, -0.2) is 0 Å². The predicted octanol–water partition coefficient (Wildman–Crippen LogP) is 3.56. The van der Waals surface area contributed by atoms with E-state index < -0.39 is 0 Å². The van der Waals surface area contributed by atoms with E-state index in [0.29, 0.717) is 12.5 Å². The zero-order valence-electron chi connectivity index (χ0n) is 15.9. The van der Waals surface area contributed by atoms with Crippen molar-refractivity contribution >= 4 is 41.5 Å². The number of hydrogen-bond acceptors (Lipinski definition) is 2. The number of hydrogen-bond donors (Lipinski definition) is 2. The maximum atomic E-state index is 12.6. The van der Waals surface area contributed by atoms with Crippen LogP contribution in [0.1, 0.15) is 49.7 Å². The summed E-state index contributed by atoms with van der Waals surface area (Å²) in [5, 5.41) is 3.28. The number of rotatable bonds is 4. The number of amides is 1. The fourth-order valence-corrected chi connectivity index (χ4v) is 4.28. The van der Waals surface area contributed by atoms with Crippen LogP contribution in [-0.4, -0.2) is 37.4 Å². The van der Waals surface area contributed by atoms with Crippen LogP contribution >= 0.6 is 24.0 Å². The summed E-state index contributed by atoms with van der Waals surface area (Å²) in [6, 6.07) is 6.35. The predicted molar refractivity (Wildman–Crippen MR) is 118 cm³/mol. The minimum atomic E-state index is -0.369. The van der Waals surface area contributed by atoms with Crippen LogP contribution in [0.25, 0.3) is 0 Å². The Morgan fingerprint density at radius 3 is 2.58 bits per heavy atom. The van der Waals surface area contributed by atoms with Crippen molar-refractivity contribution in [2.45, 2.75) is 51.4 Å². The first-order valence-corrected chi connectivity index (χ1v) is 9.41. The molecule has 0 aromatic heterocycles. The molecule has 2 aliphatic rings. The maximum Gasteiger partial charge on any atom is 0.230 e. The fraction of sp³-hybridized carbons (Fsp3) is 0.600. The van der Waals surface area contributed by atoms with Crippen molar-refractivity contribution in [3.05, 3.63) is 29.3 Å². The molecule has 0 aliphatic heterocycles. The molecule has 0 unspecified atom stereocenters. The molecular weight excluding hydrogens is 439 g/mol. The third-order valence-corrected chi connectivity index (χ3v) is 5.63. The van der Waals surface area contributed by atoms with Crippen molar-refractivity contribution in [2.75, 3.05) is 26.0 Å². The van der Waals surface area contributed by atoms with E-state index in [1.54, 1.807) is 4.90 Å². The van der Waals surface area contributed by atoms with Crippen LogP contribution in [-0.2, 0) is 17.6 Å². The molecule has 0 saturated heterocycles. The van der Waals surface area contributed by atoms with Crippen molar-refractivity contribution in [2.24, 2.45) is 16.1 Å². The van der Waals surface area contributed by atoms with Gasteiger partial charge >= 0.3 is 0 Å². The molecule has 1 aromatic rings. The number of nitrogens with one attached hydrogen (secondary N) is 1. The average molecular weight is 470 g/mol. The Bertz CT molecular complexity index is 666. The van der Waals surface area contributed by atoms with Gasteiger partial charge in [0.25, 0.3) is 0 Å². The topological polar surface area (TPSA) is 70.7 Å². The van der Waals surface area contributed by atoms with Gasteiger partial charge in [0.1, 0.15) is 0 Å². The number of fused-ring (bicyclic) bond motifs is 1. The number of carbonyl (C=O) groups is 1. The molecule has 3 rings (SSSR count). The summed E-state index contributed by atoms with van der Waals surface area (Å²) in [5.74, 6) is 0.593. The number of halogens is 1. The van der Waals surface area contributed by atoms with Gasteiger partial charge in [-0.15, -0.1) is 24.0 Å². The molecule has 0 atom stereocenters. The van der Waals surface area contributed by atoms with Crippen molar-refractivity contribution in [1.82, 2.24) is 4.90 Å². The van der Waals surface area contributed by atoms with E-state index in [1.165, 1.54) is 24.0 Å². The van der Waals surface area contributed by atoms with Gasteiger partial charge in [0.15, 0.2) is 5.96 Å². The first-order chi connectivity index (χ1) is 12.0. The van der Waals surface area contributed by atoms with Gasteiger partial charge in [-0.05, 0) is 55.7 Å². The molecule has 1 aromatic carbocycles. The van der Waals surface area contributed by atoms with Crippen LogP contribution in [0, 0.1) is 5.41 Å². The number of guanidine groups is 1. The molecule has 3 N–H and O–H groups in total. The number of benzene rings is 1. The van der Waals surface area contributed by atoms with E-state index in [1.807, 2.05) is 14.1 Å². The van der Waals surface area contributed by atoms with Crippen molar-refractivity contribution in [3.63, 3.8) is 0 Å². The number of nitrogens with two attached hydrogens (primary N) is 1. The second-order valence-corrected chi connectivity index (χ2v) is 7.66. The fourth-order valence-electron chi connectivity index (χ4n) is 4.28. The summed E-state index contributed by atoms with van der Waals surface area (Å²) in [7, 11) is 3.65. The second-order valence-electron chi connectivity index (χ2n) is 7.66. The quantitative estimate of drug-likeness (QED) is 0.402. The summed E-state index contributed by atoms with van der Waals surface area (Å²) in [5.41, 5.74) is 9.65. The Labute approximate surface area is 173 Å². The highest BCUT2D eigenvalue weighted by molar-refractivity contribution is 14.0. The van der Waals surface area contributed by atoms with Crippen LogP contribution in [0.4, 0.5) is 5.69 Å². The number of anilines is 1. The van der Waals surface area contributed by atoms with E-state index in [2.05, 4.69) is 28.5 Å². The summed E-state index contributed by atoms with van der Waals surface area (Å²) < 4.78 is 0. The molecule has 144 valence electrons. The number of aryl methyl sites for hydroxylation is 1. The third kappa shape index (κ3) is 4.50. The van der Waals surface area contributed by atoms with E-state index >= 15 is 0 Å². The van der Waals surface area contributed by atoms with Gasteiger partial charge < -0.3 is 16.0 Å². The van der Waals surface area contributed by atoms with Crippen LogP contribution in [0.5, 0.6) is 0 Å². The molecule has 2 aliphatic carbocycles. The summed E-state index contributed by atoms with van der Waals surface area (Å²) in [6.07, 6.45) is 8.71. The monoisotopic (exact) mass is 470 g/mol. The zero-order chi connectivity index (χ0) is 17.9. The largest absolute Gasteiger partial charge is 0.370 e. The molecular formula is C20H31IN4O. The summed E-state index contributed by atoms with van der Waals surface area (Å²) in [6.45, 7) is 0.470. The lowest BCUT2D eigenvalue weighted by Gasteiger charge is -2.29. The first kappa shape index (κ1) is 21.0. The molecule has 6 heteroatoms. The highest BCUT2D eigenvalue weighted by Crippen LogP contribution is 2.39. The standard InChI is InChI=1S/C20H30N4O.HI/c1-24(2)18(25)20(12-5-6-13-20)14-22-19(21)23-17-11-7-9-15-8-3-4-10-16(15)17;/h7,9,11H,3-6,8,10,12-14H2,1-2H3,(H3,21,22,23);1H. The smallest absolute Gasteiger partial charge is 0.230 e. The SMILES string of the molecule is CN(C)C(=O)C1(CN=C(N)Nc2cccc3c2CCCC3)CCCC1.I. The normalized spacial score (nSPS) is 18.6. The Hall–Kier alpha value is -1.31. The number of aliphatic imine (C=N–C) groups is 1. The van der Waals surface area contributed by atoms with Gasteiger partial charge in [-0.1, -0.05) is 25.0 Å². The van der Waals surface area contributed by atoms with Crippen LogP contribution < -0.4 is 11.1 Å². The first-order valence-electron chi connectivity index (χ1n) is 9.41. The Morgan fingerprint density at radius 2 is 1.88 bits per heavy atom. The van der Waals surface area contributed by atoms with Crippen molar-refractivity contribution in [3.8, 4) is 0 Å². The number of nitrogens with zero attached hydrogens (tertiary/aromatic N) is 2. The van der Waals surface area contributed by atoms with Gasteiger partial charge in [-0.3, -0.25) is 9.79 Å². The number of carbonyl (C=O) groups excluding carboxylic acids is 1. The molecule has 0 radical (unpaired) electrons. The maximum absolute atomic E-state index is 12.6. The summed E-state index contributed by atoms with van der Waals surface area (Å²) >= 11 is 0. The lowest BCUT2D eigenvalue weighted by atomic mass is 9.85. The Morgan fingerprint density at radius 1 is 1.19 bits per heavy atom. The zero-order valence-corrected chi connectivity index (χ0v) is 18.2. The van der Waals surface area contributed by atoms with Crippen molar-refractivity contribution in [1.29, 1.82) is 0 Å². The molecule has 1 amide bonds. The molecule has 1 fully saturated rings. The second kappa shape index (κ2) is 9.06. The van der Waals surface area contributed by atoms with Crippen molar-refractivity contribution < 1.29 is 4.79 Å². The van der Waals surface area contributed by atoms with Gasteiger partial charge in [0, 0.05) is 19.8 Å². The third-order valence-electron chi connectivity index (χ3n) is 5.63. The van der Waals surface area contributed by atoms with E-state index in [0.717, 1.165) is 44.2 Å². The minimum Gasteiger partial charge on any atom is -0.370 e. The Kier molecular flexibility index (Phi) is 7.32. The lowest BCUT2D eigenvalue weighted by molar-refractivity contribution is -0.138. The highest BCUT2D eigenvalue weighted by atomic mass is 127. The average Bonchev–Trinajstić information content (AvgIpc) is 3.10. The molecule has 0 spiro atoms. The summed E-state index contributed by atoms with van der Waals surface area (Å²) in [4.78, 5) is 18.9. The molecule has 0 bridgehead atoms. The lowest BCUT2D eigenvalue weighted by Crippen LogP contribution is -2.41. The molecule has 26 heavy (non-hydrogen) atoms. The van der Waals surface area contributed by atoms with Gasteiger partial charge in [0.05, 0.1) is 12.0 Å². The molecule has 1 saturated carbocycles. The van der Waals surface area contributed by atoms with Crippen LogP contribution in [0.3, 0.4) is 0 Å². The molecule has 0 heterocycles. The van der Waals surface area contributed by atoms with Gasteiger partial charge in [-0.2, -0.15) is 0 Å². The molecule has 5 nitrogen and oxygen atoms in total. The van der Waals surface area contributed by atoms with Crippen LogP contribution in [0.2, 0.25) is 0 Å². The van der Waals surface area contributed by atoms with E-state index in [4.69, 9.17) is 5.73 Å². The Balaban J connectivity index is 0.00000243. The van der Waals surface area contributed by atoms with E-state index in [-0.39, 0.29) is 35.3 Å². The van der Waals surface area contributed by atoms with Gasteiger partial charge in [0.2, 0.25) is 5.91 Å². The van der Waals surface area contributed by atoms with E-state index in [9.17, 15) is 4.79 Å².